The summed E-state index contributed by atoms with van der Waals surface area (Å²) in [4.78, 5) is 21.6. The summed E-state index contributed by atoms with van der Waals surface area (Å²) < 4.78 is 0. The van der Waals surface area contributed by atoms with Crippen LogP contribution in [0.1, 0.15) is 10.4 Å². The lowest BCUT2D eigenvalue weighted by Crippen LogP contribution is -2.13. The average Bonchev–Trinajstić information content (AvgIpc) is 3.28. The van der Waals surface area contributed by atoms with E-state index in [0.29, 0.717) is 22.6 Å². The number of fused-ring (bicyclic) bond motifs is 3. The van der Waals surface area contributed by atoms with Crippen molar-refractivity contribution in [2.75, 3.05) is 5.32 Å². The number of nitrogens with zero attached hydrogens (tertiary/aromatic N) is 3. The Morgan fingerprint density at radius 3 is 2.54 bits per heavy atom. The Hall–Kier alpha value is -4.06. The second kappa shape index (κ2) is 6.59. The third kappa shape index (κ3) is 2.77. The van der Waals surface area contributed by atoms with Crippen molar-refractivity contribution in [2.24, 2.45) is 0 Å². The summed E-state index contributed by atoms with van der Waals surface area (Å²) in [6.45, 7) is 0. The number of nitrogens with one attached hydrogen (secondary N) is 2. The maximum absolute atomic E-state index is 13.0. The van der Waals surface area contributed by atoms with Crippen molar-refractivity contribution in [3.63, 3.8) is 0 Å². The zero-order chi connectivity index (χ0) is 18.9. The largest absolute Gasteiger partial charge is 0.322 e. The minimum Gasteiger partial charge on any atom is -0.322 e. The van der Waals surface area contributed by atoms with Crippen LogP contribution in [0.3, 0.4) is 0 Å². The molecule has 0 spiro atoms. The molecule has 0 unspecified atom stereocenters. The number of carbonyl (C=O) groups excluding carboxylic acids is 1. The Balaban J connectivity index is 1.52. The van der Waals surface area contributed by atoms with E-state index in [2.05, 4.69) is 25.5 Å². The standard InChI is InChI=1S/C22H15N5O/c28-22(26-16-9-7-14(8-10-16)21-24-13-25-27-21)19-12-15-4-1-2-5-17(15)18-6-3-11-23-20(18)19/h1-13H,(H,26,28)(H,24,25,27). The minimum absolute atomic E-state index is 0.193. The van der Waals surface area contributed by atoms with Crippen LogP contribution in [0, 0.1) is 0 Å². The van der Waals surface area contributed by atoms with Crippen molar-refractivity contribution in [3.05, 3.63) is 84.8 Å². The first-order valence-electron chi connectivity index (χ1n) is 8.83. The van der Waals surface area contributed by atoms with Crippen molar-refractivity contribution < 1.29 is 4.79 Å². The molecule has 6 nitrogen and oxygen atoms in total. The van der Waals surface area contributed by atoms with Crippen LogP contribution in [-0.2, 0) is 0 Å². The molecule has 1 amide bonds. The van der Waals surface area contributed by atoms with Gasteiger partial charge in [0.1, 0.15) is 6.33 Å². The summed E-state index contributed by atoms with van der Waals surface area (Å²) in [6, 6.07) is 21.2. The van der Waals surface area contributed by atoms with E-state index < -0.39 is 0 Å². The highest BCUT2D eigenvalue weighted by atomic mass is 16.1. The zero-order valence-electron chi connectivity index (χ0n) is 14.8. The number of anilines is 1. The van der Waals surface area contributed by atoms with E-state index in [4.69, 9.17) is 0 Å². The molecule has 2 heterocycles. The first kappa shape index (κ1) is 16.1. The molecule has 28 heavy (non-hydrogen) atoms. The normalized spacial score (nSPS) is 11.0. The van der Waals surface area contributed by atoms with Gasteiger partial charge in [0.15, 0.2) is 5.82 Å². The molecule has 2 N–H and O–H groups in total. The van der Waals surface area contributed by atoms with Crippen LogP contribution >= 0.6 is 0 Å². The zero-order valence-corrected chi connectivity index (χ0v) is 14.8. The highest BCUT2D eigenvalue weighted by molar-refractivity contribution is 6.18. The highest BCUT2D eigenvalue weighted by Gasteiger charge is 2.14. The third-order valence-corrected chi connectivity index (χ3v) is 4.69. The summed E-state index contributed by atoms with van der Waals surface area (Å²) in [5, 5.41) is 12.7. The lowest BCUT2D eigenvalue weighted by atomic mass is 10.0. The number of hydrogen-bond acceptors (Lipinski definition) is 4. The maximum Gasteiger partial charge on any atom is 0.257 e. The minimum atomic E-state index is -0.193. The summed E-state index contributed by atoms with van der Waals surface area (Å²) >= 11 is 0. The quantitative estimate of drug-likeness (QED) is 0.464. The van der Waals surface area contributed by atoms with Gasteiger partial charge in [0, 0.05) is 22.8 Å². The van der Waals surface area contributed by atoms with Crippen LogP contribution in [0.5, 0.6) is 0 Å². The number of aromatic nitrogens is 4. The Bertz CT molecular complexity index is 1290. The highest BCUT2D eigenvalue weighted by Crippen LogP contribution is 2.28. The first-order chi connectivity index (χ1) is 13.8. The average molecular weight is 365 g/mol. The van der Waals surface area contributed by atoms with Crippen LogP contribution in [-0.4, -0.2) is 26.1 Å². The fraction of sp³-hybridized carbons (Fsp3) is 0. The molecule has 0 saturated heterocycles. The molecule has 0 saturated carbocycles. The van der Waals surface area contributed by atoms with Gasteiger partial charge in [0.25, 0.3) is 5.91 Å². The molecule has 0 aliphatic carbocycles. The maximum atomic E-state index is 13.0. The first-order valence-corrected chi connectivity index (χ1v) is 8.83. The monoisotopic (exact) mass is 365 g/mol. The number of carbonyl (C=O) groups is 1. The van der Waals surface area contributed by atoms with Crippen LogP contribution in [0.25, 0.3) is 33.1 Å². The molecule has 2 aromatic heterocycles. The van der Waals surface area contributed by atoms with Gasteiger partial charge in [0.05, 0.1) is 11.1 Å². The van der Waals surface area contributed by atoms with Crippen molar-refractivity contribution >= 4 is 33.3 Å². The van der Waals surface area contributed by atoms with Crippen LogP contribution in [0.4, 0.5) is 5.69 Å². The second-order valence-electron chi connectivity index (χ2n) is 6.41. The molecule has 0 radical (unpaired) electrons. The molecule has 0 aliphatic rings. The predicted octanol–water partition coefficient (Wildman–Crippen LogP) is 4.43. The van der Waals surface area contributed by atoms with Crippen molar-refractivity contribution in [1.29, 1.82) is 0 Å². The molecule has 5 aromatic rings. The van der Waals surface area contributed by atoms with Gasteiger partial charge in [-0.2, -0.15) is 5.10 Å². The van der Waals surface area contributed by atoms with Gasteiger partial charge in [-0.25, -0.2) is 4.98 Å². The fourth-order valence-corrected chi connectivity index (χ4v) is 3.36. The molecular formula is C22H15N5O. The van der Waals surface area contributed by atoms with Crippen molar-refractivity contribution in [3.8, 4) is 11.4 Å². The second-order valence-corrected chi connectivity index (χ2v) is 6.41. The van der Waals surface area contributed by atoms with Gasteiger partial charge in [-0.1, -0.05) is 30.3 Å². The van der Waals surface area contributed by atoms with Gasteiger partial charge in [-0.15, -0.1) is 0 Å². The van der Waals surface area contributed by atoms with E-state index in [1.54, 1.807) is 6.20 Å². The van der Waals surface area contributed by atoms with Crippen LogP contribution in [0.2, 0.25) is 0 Å². The van der Waals surface area contributed by atoms with E-state index in [1.807, 2.05) is 66.7 Å². The molecule has 134 valence electrons. The summed E-state index contributed by atoms with van der Waals surface area (Å²) in [6.07, 6.45) is 3.17. The van der Waals surface area contributed by atoms with E-state index >= 15 is 0 Å². The molecular weight excluding hydrogens is 350 g/mol. The Labute approximate surface area is 160 Å². The van der Waals surface area contributed by atoms with E-state index in [1.165, 1.54) is 6.33 Å². The molecule has 0 bridgehead atoms. The molecule has 0 aliphatic heterocycles. The third-order valence-electron chi connectivity index (χ3n) is 4.69. The number of amides is 1. The van der Waals surface area contributed by atoms with E-state index in [9.17, 15) is 4.79 Å². The smallest absolute Gasteiger partial charge is 0.257 e. The molecule has 3 aromatic carbocycles. The van der Waals surface area contributed by atoms with E-state index in [-0.39, 0.29) is 5.91 Å². The molecule has 5 rings (SSSR count). The summed E-state index contributed by atoms with van der Waals surface area (Å²) in [5.41, 5.74) is 2.84. The number of H-pyrrole nitrogens is 1. The van der Waals surface area contributed by atoms with Gasteiger partial charge < -0.3 is 5.32 Å². The fourth-order valence-electron chi connectivity index (χ4n) is 3.36. The summed E-state index contributed by atoms with van der Waals surface area (Å²) in [7, 11) is 0. The lowest BCUT2D eigenvalue weighted by Gasteiger charge is -2.10. The molecule has 6 heteroatoms. The van der Waals surface area contributed by atoms with Crippen LogP contribution in [0.15, 0.2) is 79.3 Å². The number of hydrogen-bond donors (Lipinski definition) is 2. The number of pyridine rings is 1. The van der Waals surface area contributed by atoms with Crippen molar-refractivity contribution in [1.82, 2.24) is 20.2 Å². The van der Waals surface area contributed by atoms with Crippen molar-refractivity contribution in [2.45, 2.75) is 0 Å². The van der Waals surface area contributed by atoms with Gasteiger partial charge in [0.2, 0.25) is 0 Å². The Kier molecular flexibility index (Phi) is 3.80. The molecule has 0 atom stereocenters. The predicted molar refractivity (Wildman–Crippen MR) is 109 cm³/mol. The number of benzene rings is 3. The van der Waals surface area contributed by atoms with Crippen LogP contribution < -0.4 is 5.32 Å². The number of rotatable bonds is 3. The summed E-state index contributed by atoms with van der Waals surface area (Å²) in [5.74, 6) is 0.490. The topological polar surface area (TPSA) is 83.6 Å². The SMILES string of the molecule is O=C(Nc1ccc(-c2ncn[nH]2)cc1)c1cc2ccccc2c2cccnc12. The number of aromatic amines is 1. The Morgan fingerprint density at radius 1 is 0.893 bits per heavy atom. The van der Waals surface area contributed by atoms with Gasteiger partial charge >= 0.3 is 0 Å². The Morgan fingerprint density at radius 2 is 1.71 bits per heavy atom. The van der Waals surface area contributed by atoms with Gasteiger partial charge in [-0.3, -0.25) is 14.9 Å². The lowest BCUT2D eigenvalue weighted by molar-refractivity contribution is 0.102. The van der Waals surface area contributed by atoms with Gasteiger partial charge in [-0.05, 0) is 47.2 Å². The van der Waals surface area contributed by atoms with E-state index in [0.717, 1.165) is 21.7 Å². The molecule has 0 fully saturated rings.